The first-order chi connectivity index (χ1) is 27.0. The zero-order valence-corrected chi connectivity index (χ0v) is 36.7. The first-order valence-electron chi connectivity index (χ1n) is 20.3. The lowest BCUT2D eigenvalue weighted by molar-refractivity contribution is -0.143. The van der Waals surface area contributed by atoms with E-state index in [9.17, 15) is 36.4 Å². The number of amides is 4. The zero-order valence-electron chi connectivity index (χ0n) is 35.0. The molecule has 11 nitrogen and oxygen atoms in total. The number of carbonyl (C=O) groups excluding carboxylic acids is 4. The fourth-order valence-corrected chi connectivity index (χ4v) is 11.2. The molecule has 1 saturated heterocycles. The largest absolute Gasteiger partial charge is 0.444 e. The van der Waals surface area contributed by atoms with Gasteiger partial charge in [0.25, 0.3) is 5.91 Å². The molecule has 1 heterocycles. The highest BCUT2D eigenvalue weighted by molar-refractivity contribution is 7.90. The van der Waals surface area contributed by atoms with Crippen LogP contribution in [0.4, 0.5) is 13.6 Å². The number of rotatable bonds is 15. The topological polar surface area (TPSA) is 142 Å². The molecule has 320 valence electrons. The lowest BCUT2D eigenvalue weighted by Crippen LogP contribution is -2.60. The Hall–Kier alpha value is -3.72. The van der Waals surface area contributed by atoms with Crippen molar-refractivity contribution in [3.8, 4) is 0 Å². The lowest BCUT2D eigenvalue weighted by atomic mass is 9.85. The van der Waals surface area contributed by atoms with Crippen molar-refractivity contribution in [2.45, 2.75) is 139 Å². The molecule has 58 heavy (non-hydrogen) atoms. The van der Waals surface area contributed by atoms with Crippen LogP contribution in [0.3, 0.4) is 0 Å². The molecule has 0 spiro atoms. The number of likely N-dealkylation sites (tertiary alicyclic amines) is 1. The van der Waals surface area contributed by atoms with Crippen molar-refractivity contribution >= 4 is 51.2 Å². The number of alkyl carbamates (subject to hydrolysis) is 1. The summed E-state index contributed by atoms with van der Waals surface area (Å²) in [7, 11) is -2.94. The van der Waals surface area contributed by atoms with Gasteiger partial charge in [0, 0.05) is 25.5 Å². The van der Waals surface area contributed by atoms with E-state index < -0.39 is 91.2 Å². The fourth-order valence-electron chi connectivity index (χ4n) is 7.79. The summed E-state index contributed by atoms with van der Waals surface area (Å²) in [5, 5.41) is 4.79. The highest BCUT2D eigenvalue weighted by atomic mass is 32.2. The zero-order chi connectivity index (χ0) is 42.8. The van der Waals surface area contributed by atoms with E-state index >= 15 is 0 Å². The van der Waals surface area contributed by atoms with Crippen molar-refractivity contribution in [3.05, 3.63) is 65.8 Å². The van der Waals surface area contributed by atoms with Crippen LogP contribution in [0.2, 0.25) is 0 Å². The molecule has 15 heteroatoms. The fraction of sp³-hybridized carbons (Fsp3) is 0.628. The minimum Gasteiger partial charge on any atom is -0.444 e. The Kier molecular flexibility index (Phi) is 13.7. The van der Waals surface area contributed by atoms with Gasteiger partial charge < -0.3 is 20.3 Å². The van der Waals surface area contributed by atoms with Crippen molar-refractivity contribution in [3.63, 3.8) is 0 Å². The van der Waals surface area contributed by atoms with Gasteiger partial charge in [-0.3, -0.25) is 14.4 Å². The van der Waals surface area contributed by atoms with E-state index in [1.54, 1.807) is 41.5 Å². The number of allylic oxidation sites excluding steroid dienone is 6. The third-order valence-electron chi connectivity index (χ3n) is 11.3. The number of halogens is 2. The molecular weight excluding hydrogens is 787 g/mol. The number of ether oxygens (including phenoxy) is 1. The molecular formula is C43H61F2N4O7S2+. The quantitative estimate of drug-likeness (QED) is 0.118. The van der Waals surface area contributed by atoms with Gasteiger partial charge in [0.15, 0.2) is 4.75 Å². The molecule has 1 aromatic carbocycles. The maximum Gasteiger partial charge on any atom is 0.408 e. The second-order valence-corrected chi connectivity index (χ2v) is 22.0. The first kappa shape index (κ1) is 45.4. The number of benzene rings is 1. The summed E-state index contributed by atoms with van der Waals surface area (Å²) >= 11 is 0.949. The average molecular weight is 848 g/mol. The van der Waals surface area contributed by atoms with E-state index in [4.69, 9.17) is 4.74 Å². The van der Waals surface area contributed by atoms with Crippen molar-refractivity contribution in [1.82, 2.24) is 19.8 Å². The summed E-state index contributed by atoms with van der Waals surface area (Å²) < 4.78 is 59.5. The molecule has 5 rings (SSSR count). The number of unbranched alkanes of at least 4 members (excludes halogenated alkanes) is 1. The Morgan fingerprint density at radius 3 is 2.29 bits per heavy atom. The molecule has 5 atom stereocenters. The Balaban J connectivity index is 1.57. The van der Waals surface area contributed by atoms with Gasteiger partial charge in [-0.2, -0.15) is 0 Å². The molecule has 4 amide bonds. The van der Waals surface area contributed by atoms with Gasteiger partial charge in [-0.15, -0.1) is 0 Å². The Morgan fingerprint density at radius 2 is 1.71 bits per heavy atom. The van der Waals surface area contributed by atoms with Gasteiger partial charge in [-0.1, -0.05) is 88.8 Å². The maximum atomic E-state index is 15.0. The van der Waals surface area contributed by atoms with Crippen molar-refractivity contribution in [1.29, 1.82) is 0 Å². The Labute approximate surface area is 346 Å². The minimum absolute atomic E-state index is 0.0832. The van der Waals surface area contributed by atoms with Gasteiger partial charge >= 0.3 is 6.09 Å². The second kappa shape index (κ2) is 17.5. The normalized spacial score (nSPS) is 25.2. The van der Waals surface area contributed by atoms with Crippen LogP contribution in [0.1, 0.15) is 111 Å². The third-order valence-corrected chi connectivity index (χ3v) is 15.2. The lowest BCUT2D eigenvalue weighted by Gasteiger charge is -2.36. The van der Waals surface area contributed by atoms with Gasteiger partial charge in [0.2, 0.25) is 28.3 Å². The Bertz CT molecular complexity index is 1920. The van der Waals surface area contributed by atoms with Gasteiger partial charge in [0.1, 0.15) is 29.0 Å². The molecule has 1 aliphatic heterocycles. The molecule has 0 bridgehead atoms. The van der Waals surface area contributed by atoms with Gasteiger partial charge in [0.05, 0.1) is 11.8 Å². The number of alkyl halides is 2. The summed E-state index contributed by atoms with van der Waals surface area (Å²) in [6.45, 7) is 12.7. The van der Waals surface area contributed by atoms with Crippen molar-refractivity contribution in [2.24, 2.45) is 11.3 Å². The average Bonchev–Trinajstić information content (AvgIpc) is 4.06. The molecule has 2 N–H and O–H groups in total. The minimum atomic E-state index is -4.06. The van der Waals surface area contributed by atoms with E-state index in [2.05, 4.69) is 35.8 Å². The van der Waals surface area contributed by atoms with Crippen LogP contribution in [0.25, 0.3) is 5.57 Å². The number of carbonyl (C=O) groups is 4. The maximum absolute atomic E-state index is 15.0. The highest BCUT2D eigenvalue weighted by Crippen LogP contribution is 2.50. The molecule has 0 aromatic heterocycles. The Morgan fingerprint density at radius 1 is 1.03 bits per heavy atom. The van der Waals surface area contributed by atoms with Crippen LogP contribution in [-0.4, -0.2) is 95.7 Å². The van der Waals surface area contributed by atoms with Crippen LogP contribution in [0, 0.1) is 11.3 Å². The van der Waals surface area contributed by atoms with Crippen molar-refractivity contribution in [2.75, 3.05) is 19.3 Å². The summed E-state index contributed by atoms with van der Waals surface area (Å²) in [5.41, 5.74) is -0.683. The number of nitrogens with zero attached hydrogens (tertiary/aromatic N) is 2. The van der Waals surface area contributed by atoms with Crippen LogP contribution in [-0.2, 0) is 45.7 Å². The standard InChI is InChI=1S/C43H60F2N4O7S2/c1-9-10-23-57-42(30-19-17-29(18-20-30)28-15-13-11-12-14-16-28)26-33(49(27-42)37(51)35(40(2,3)4)46-39(53)56-41(5,6)7)36(50)47-43(25-31(43)24-34(44)45)38(52)48(8)58(54,55)32-21-22-32/h11,13-20,31-35H,9-10,12,21-27H2,1-8H3,(H,46,53)(H,47,50)/p+1/t31-,33+,35-,42+,43-/m1/s1. The van der Waals surface area contributed by atoms with Crippen LogP contribution < -0.4 is 10.6 Å². The van der Waals surface area contributed by atoms with E-state index in [1.807, 2.05) is 36.4 Å². The summed E-state index contributed by atoms with van der Waals surface area (Å²) in [5.74, 6) is -2.51. The summed E-state index contributed by atoms with van der Waals surface area (Å²) in [6, 6.07) is 5.72. The van der Waals surface area contributed by atoms with E-state index in [0.717, 1.165) is 60.5 Å². The van der Waals surface area contributed by atoms with Crippen LogP contribution in [0.5, 0.6) is 0 Å². The monoisotopic (exact) mass is 847 g/mol. The molecule has 0 radical (unpaired) electrons. The molecule has 0 unspecified atom stereocenters. The number of hydrogen-bond acceptors (Lipinski definition) is 7. The molecule has 2 saturated carbocycles. The highest BCUT2D eigenvalue weighted by Gasteiger charge is 2.66. The number of likely N-dealkylation sites (N-methyl/N-ethyl adjacent to an activating group) is 1. The predicted molar refractivity (Wildman–Crippen MR) is 225 cm³/mol. The van der Waals surface area contributed by atoms with Gasteiger partial charge in [-0.25, -0.2) is 26.3 Å². The number of sulfonamides is 1. The molecule has 3 aliphatic carbocycles. The number of thiol groups is 1. The summed E-state index contributed by atoms with van der Waals surface area (Å²) in [6.07, 6.45) is 9.30. The summed E-state index contributed by atoms with van der Waals surface area (Å²) in [4.78, 5) is 58.6. The molecule has 4 aliphatic rings. The van der Waals surface area contributed by atoms with E-state index in [0.29, 0.717) is 17.1 Å². The predicted octanol–water partition coefficient (Wildman–Crippen LogP) is 6.42. The molecule has 3 fully saturated rings. The molecule has 1 aromatic rings. The third kappa shape index (κ3) is 10.3. The van der Waals surface area contributed by atoms with E-state index in [-0.39, 0.29) is 19.4 Å². The van der Waals surface area contributed by atoms with Crippen LogP contribution in [0.15, 0.2) is 54.6 Å². The number of hydrogen-bond donors (Lipinski definition) is 2. The van der Waals surface area contributed by atoms with Gasteiger partial charge in [-0.05, 0) is 87.1 Å². The SMILES string of the molecule is CCCC[SH+][C@@]1(c2ccc(C3=CC=CCC=C3)cc2)C[C@@H](C(=O)N[C@]2(C(=O)N(C)S(=O)(=O)C3CC3)C[C@H]2CC(F)F)N(C(=O)[C@@H](NC(=O)OC(C)(C)C)C(C)(C)C)C1. The number of nitrogens with one attached hydrogen (secondary N) is 2. The first-order valence-corrected chi connectivity index (χ1v) is 22.9. The van der Waals surface area contributed by atoms with Crippen molar-refractivity contribution < 1.29 is 41.1 Å². The smallest absolute Gasteiger partial charge is 0.408 e. The second-order valence-electron chi connectivity index (χ2n) is 18.2. The van der Waals surface area contributed by atoms with Crippen LogP contribution >= 0.6 is 0 Å². The van der Waals surface area contributed by atoms with E-state index in [1.165, 1.54) is 4.90 Å².